The minimum absolute atomic E-state index is 0. The molecule has 6 heteroatoms. The van der Waals surface area contributed by atoms with Crippen molar-refractivity contribution in [2.24, 2.45) is 10.9 Å². The Balaban J connectivity index is 0.00000288. The number of hydrogen-bond acceptors (Lipinski definition) is 2. The maximum Gasteiger partial charge on any atom is 0.190 e. The van der Waals surface area contributed by atoms with Crippen molar-refractivity contribution in [2.75, 3.05) is 39.8 Å². The van der Waals surface area contributed by atoms with Gasteiger partial charge in [0, 0.05) is 31.7 Å². The first kappa shape index (κ1) is 21.5. The van der Waals surface area contributed by atoms with Gasteiger partial charge in [-0.15, -0.1) is 24.0 Å². The third-order valence-electron chi connectivity index (χ3n) is 4.34. The van der Waals surface area contributed by atoms with Crippen LogP contribution in [0.4, 0.5) is 0 Å². The second-order valence-corrected chi connectivity index (χ2v) is 6.58. The molecule has 1 aromatic rings. The molecule has 1 heterocycles. The first-order chi connectivity index (χ1) is 11.2. The fourth-order valence-corrected chi connectivity index (χ4v) is 3.31. The molecule has 24 heavy (non-hydrogen) atoms. The molecule has 1 fully saturated rings. The fraction of sp³-hybridized carbons (Fsp3) is 0.611. The summed E-state index contributed by atoms with van der Waals surface area (Å²) in [7, 11) is 1.82. The van der Waals surface area contributed by atoms with E-state index in [2.05, 4.69) is 33.5 Å². The first-order valence-electron chi connectivity index (χ1n) is 8.63. The van der Waals surface area contributed by atoms with E-state index < -0.39 is 0 Å². The molecule has 1 aliphatic heterocycles. The molecule has 1 saturated heterocycles. The molecule has 0 spiro atoms. The molecule has 1 unspecified atom stereocenters. The Hall–Kier alpha value is -0.530. The highest BCUT2D eigenvalue weighted by Gasteiger charge is 2.21. The summed E-state index contributed by atoms with van der Waals surface area (Å²) in [5.41, 5.74) is 1.17. The second-order valence-electron chi connectivity index (χ2n) is 6.18. The number of nitrogens with one attached hydrogen (secondary N) is 2. The molecule has 4 nitrogen and oxygen atoms in total. The van der Waals surface area contributed by atoms with Crippen LogP contribution in [0.1, 0.15) is 25.3 Å². The van der Waals surface area contributed by atoms with Gasteiger partial charge >= 0.3 is 0 Å². The van der Waals surface area contributed by atoms with Gasteiger partial charge in [-0.2, -0.15) is 0 Å². The lowest BCUT2D eigenvalue weighted by molar-refractivity contribution is 0.324. The Morgan fingerprint density at radius 3 is 2.83 bits per heavy atom. The topological polar surface area (TPSA) is 39.7 Å². The molecule has 0 aliphatic carbocycles. The highest BCUT2D eigenvalue weighted by atomic mass is 127. The number of guanidine groups is 1. The predicted molar refractivity (Wildman–Crippen MR) is 115 cm³/mol. The van der Waals surface area contributed by atoms with Crippen LogP contribution in [0.15, 0.2) is 29.3 Å². The minimum atomic E-state index is 0. The van der Waals surface area contributed by atoms with Crippen LogP contribution in [0.3, 0.4) is 0 Å². The molecular formula is C18H30ClIN4. The summed E-state index contributed by atoms with van der Waals surface area (Å²) in [6, 6.07) is 7.99. The van der Waals surface area contributed by atoms with Crippen molar-refractivity contribution < 1.29 is 0 Å². The van der Waals surface area contributed by atoms with Crippen molar-refractivity contribution in [3.8, 4) is 0 Å². The van der Waals surface area contributed by atoms with Gasteiger partial charge in [0.1, 0.15) is 0 Å². The predicted octanol–water partition coefficient (Wildman–Crippen LogP) is 3.40. The SMILES string of the molecule is CCCN1CCC(CNC(=NC)NCCc2ccccc2Cl)C1.I. The Morgan fingerprint density at radius 2 is 2.12 bits per heavy atom. The van der Waals surface area contributed by atoms with Gasteiger partial charge in [0.15, 0.2) is 5.96 Å². The van der Waals surface area contributed by atoms with Gasteiger partial charge in [-0.3, -0.25) is 4.99 Å². The van der Waals surface area contributed by atoms with Gasteiger partial charge in [0.05, 0.1) is 0 Å². The molecule has 1 atom stereocenters. The van der Waals surface area contributed by atoms with E-state index in [1.807, 2.05) is 25.2 Å². The van der Waals surface area contributed by atoms with Crippen LogP contribution in [-0.4, -0.2) is 50.6 Å². The number of rotatable bonds is 7. The molecule has 0 radical (unpaired) electrons. The van der Waals surface area contributed by atoms with Crippen molar-refractivity contribution in [2.45, 2.75) is 26.2 Å². The van der Waals surface area contributed by atoms with Gasteiger partial charge in [-0.25, -0.2) is 0 Å². The number of nitrogens with zero attached hydrogens (tertiary/aromatic N) is 2. The number of aliphatic imine (C=N–C) groups is 1. The third-order valence-corrected chi connectivity index (χ3v) is 4.70. The molecule has 0 bridgehead atoms. The van der Waals surface area contributed by atoms with Crippen molar-refractivity contribution in [3.05, 3.63) is 34.9 Å². The number of halogens is 2. The molecule has 0 amide bonds. The number of benzene rings is 1. The van der Waals surface area contributed by atoms with E-state index >= 15 is 0 Å². The zero-order chi connectivity index (χ0) is 16.5. The normalized spacial score (nSPS) is 18.3. The Bertz CT molecular complexity index is 510. The molecule has 2 N–H and O–H groups in total. The van der Waals surface area contributed by atoms with Gasteiger partial charge in [-0.05, 0) is 49.9 Å². The molecular weight excluding hydrogens is 435 g/mol. The molecule has 1 aliphatic rings. The van der Waals surface area contributed by atoms with Crippen molar-refractivity contribution in [1.82, 2.24) is 15.5 Å². The van der Waals surface area contributed by atoms with E-state index in [9.17, 15) is 0 Å². The fourth-order valence-electron chi connectivity index (χ4n) is 3.08. The maximum absolute atomic E-state index is 6.18. The standard InChI is InChI=1S/C18H29ClN4.HI/c1-3-11-23-12-9-15(14-23)13-22-18(20-2)21-10-8-16-6-4-5-7-17(16)19;/h4-7,15H,3,8-14H2,1-2H3,(H2,20,21,22);1H. The summed E-state index contributed by atoms with van der Waals surface area (Å²) in [4.78, 5) is 6.86. The van der Waals surface area contributed by atoms with Crippen molar-refractivity contribution >= 4 is 41.5 Å². The average Bonchev–Trinajstić information content (AvgIpc) is 3.00. The summed E-state index contributed by atoms with van der Waals surface area (Å²) < 4.78 is 0. The Morgan fingerprint density at radius 1 is 1.33 bits per heavy atom. The van der Waals surface area contributed by atoms with Crippen LogP contribution in [0, 0.1) is 5.92 Å². The molecule has 136 valence electrons. The molecule has 1 aromatic carbocycles. The minimum Gasteiger partial charge on any atom is -0.356 e. The largest absolute Gasteiger partial charge is 0.356 e. The van der Waals surface area contributed by atoms with E-state index in [0.717, 1.165) is 36.4 Å². The Kier molecular flexibility index (Phi) is 10.7. The first-order valence-corrected chi connectivity index (χ1v) is 9.01. The van der Waals surface area contributed by atoms with Crippen LogP contribution in [-0.2, 0) is 6.42 Å². The summed E-state index contributed by atoms with van der Waals surface area (Å²) in [6.45, 7) is 7.73. The van der Waals surface area contributed by atoms with Crippen LogP contribution >= 0.6 is 35.6 Å². The van der Waals surface area contributed by atoms with E-state index in [0.29, 0.717) is 0 Å². The number of likely N-dealkylation sites (tertiary alicyclic amines) is 1. The third kappa shape index (κ3) is 7.15. The summed E-state index contributed by atoms with van der Waals surface area (Å²) in [5, 5.41) is 7.66. The summed E-state index contributed by atoms with van der Waals surface area (Å²) in [6.07, 6.45) is 3.42. The van der Waals surface area contributed by atoms with E-state index in [1.165, 1.54) is 38.0 Å². The monoisotopic (exact) mass is 464 g/mol. The highest BCUT2D eigenvalue weighted by molar-refractivity contribution is 14.0. The summed E-state index contributed by atoms with van der Waals surface area (Å²) in [5.74, 6) is 1.61. The molecule has 0 saturated carbocycles. The average molecular weight is 465 g/mol. The van der Waals surface area contributed by atoms with Gasteiger partial charge in [0.25, 0.3) is 0 Å². The zero-order valence-corrected chi connectivity index (χ0v) is 17.8. The van der Waals surface area contributed by atoms with Crippen LogP contribution in [0.2, 0.25) is 5.02 Å². The lowest BCUT2D eigenvalue weighted by atomic mass is 10.1. The maximum atomic E-state index is 6.18. The van der Waals surface area contributed by atoms with Gasteiger partial charge in [0.2, 0.25) is 0 Å². The van der Waals surface area contributed by atoms with Crippen LogP contribution in [0.5, 0.6) is 0 Å². The van der Waals surface area contributed by atoms with E-state index in [-0.39, 0.29) is 24.0 Å². The van der Waals surface area contributed by atoms with Gasteiger partial charge in [-0.1, -0.05) is 36.7 Å². The van der Waals surface area contributed by atoms with E-state index in [1.54, 1.807) is 0 Å². The quantitative estimate of drug-likeness (QED) is 0.369. The summed E-state index contributed by atoms with van der Waals surface area (Å²) >= 11 is 6.18. The second kappa shape index (κ2) is 11.9. The van der Waals surface area contributed by atoms with Gasteiger partial charge < -0.3 is 15.5 Å². The molecule has 0 aromatic heterocycles. The van der Waals surface area contributed by atoms with E-state index in [4.69, 9.17) is 11.6 Å². The lowest BCUT2D eigenvalue weighted by Gasteiger charge is -2.17. The zero-order valence-electron chi connectivity index (χ0n) is 14.7. The van der Waals surface area contributed by atoms with Crippen LogP contribution in [0.25, 0.3) is 0 Å². The smallest absolute Gasteiger partial charge is 0.190 e. The Labute approximate surface area is 168 Å². The van der Waals surface area contributed by atoms with Crippen LogP contribution < -0.4 is 10.6 Å². The van der Waals surface area contributed by atoms with Crippen molar-refractivity contribution in [1.29, 1.82) is 0 Å². The van der Waals surface area contributed by atoms with Crippen molar-refractivity contribution in [3.63, 3.8) is 0 Å². The highest BCUT2D eigenvalue weighted by Crippen LogP contribution is 2.16. The lowest BCUT2D eigenvalue weighted by Crippen LogP contribution is -2.41. The number of hydrogen-bond donors (Lipinski definition) is 2. The molecule has 2 rings (SSSR count).